The summed E-state index contributed by atoms with van der Waals surface area (Å²) < 4.78 is 17.2. The topological polar surface area (TPSA) is 68.9 Å². The number of furan rings is 1. The highest BCUT2D eigenvalue weighted by Crippen LogP contribution is 2.27. The first-order chi connectivity index (χ1) is 13.7. The van der Waals surface area contributed by atoms with Crippen LogP contribution in [0.4, 0.5) is 0 Å². The van der Waals surface area contributed by atoms with Crippen molar-refractivity contribution in [3.63, 3.8) is 0 Å². The Morgan fingerprint density at radius 2 is 1.71 bits per heavy atom. The molecule has 0 saturated carbocycles. The van der Waals surface area contributed by atoms with Crippen molar-refractivity contribution in [1.82, 2.24) is 0 Å². The van der Waals surface area contributed by atoms with E-state index in [9.17, 15) is 4.79 Å². The monoisotopic (exact) mass is 374 g/mol. The molecule has 5 heteroatoms. The van der Waals surface area contributed by atoms with Crippen molar-refractivity contribution in [2.45, 2.75) is 13.0 Å². The average Bonchev–Trinajstić information content (AvgIpc) is 3.09. The molecule has 0 spiro atoms. The molecule has 0 aliphatic carbocycles. The number of carboxylic acids is 1. The summed E-state index contributed by atoms with van der Waals surface area (Å²) in [4.78, 5) is 10.9. The van der Waals surface area contributed by atoms with Crippen LogP contribution in [-0.4, -0.2) is 11.1 Å². The third-order valence-electron chi connectivity index (χ3n) is 4.25. The second-order valence-electron chi connectivity index (χ2n) is 6.34. The van der Waals surface area contributed by atoms with E-state index in [4.69, 9.17) is 19.0 Å². The van der Waals surface area contributed by atoms with Crippen LogP contribution in [0.1, 0.15) is 11.1 Å². The van der Waals surface area contributed by atoms with Crippen LogP contribution in [-0.2, 0) is 17.8 Å². The van der Waals surface area contributed by atoms with Gasteiger partial charge in [0, 0.05) is 17.0 Å². The zero-order valence-corrected chi connectivity index (χ0v) is 15.0. The van der Waals surface area contributed by atoms with E-state index in [1.54, 1.807) is 6.07 Å². The normalized spacial score (nSPS) is 10.7. The van der Waals surface area contributed by atoms with Crippen LogP contribution in [0.25, 0.3) is 11.0 Å². The van der Waals surface area contributed by atoms with Crippen LogP contribution in [0.3, 0.4) is 0 Å². The molecule has 0 unspecified atom stereocenters. The SMILES string of the molecule is O=C(O)Cc1coc2cc(OCc3cccc(Oc4ccccc4)c3)ccc12. The molecule has 0 amide bonds. The Bertz CT molecular complexity index is 1100. The van der Waals surface area contributed by atoms with Gasteiger partial charge < -0.3 is 19.0 Å². The Kier molecular flexibility index (Phi) is 4.97. The molecule has 5 nitrogen and oxygen atoms in total. The second kappa shape index (κ2) is 7.88. The number of ether oxygens (including phenoxy) is 2. The van der Waals surface area contributed by atoms with Crippen molar-refractivity contribution >= 4 is 16.9 Å². The van der Waals surface area contributed by atoms with Crippen molar-refractivity contribution in [2.24, 2.45) is 0 Å². The zero-order valence-electron chi connectivity index (χ0n) is 15.0. The molecule has 140 valence electrons. The van der Waals surface area contributed by atoms with Gasteiger partial charge in [-0.05, 0) is 42.0 Å². The van der Waals surface area contributed by atoms with Crippen LogP contribution < -0.4 is 9.47 Å². The van der Waals surface area contributed by atoms with Crippen LogP contribution in [0.2, 0.25) is 0 Å². The second-order valence-corrected chi connectivity index (χ2v) is 6.34. The summed E-state index contributed by atoms with van der Waals surface area (Å²) in [5.74, 6) is 1.28. The smallest absolute Gasteiger partial charge is 0.307 e. The molecular formula is C23H18O5. The summed E-state index contributed by atoms with van der Waals surface area (Å²) in [6, 6.07) is 22.7. The summed E-state index contributed by atoms with van der Waals surface area (Å²) >= 11 is 0. The van der Waals surface area contributed by atoms with E-state index in [0.29, 0.717) is 23.5 Å². The van der Waals surface area contributed by atoms with Crippen LogP contribution >= 0.6 is 0 Å². The number of carboxylic acid groups (broad SMARTS) is 1. The number of aliphatic carboxylic acids is 1. The first-order valence-electron chi connectivity index (χ1n) is 8.84. The zero-order chi connectivity index (χ0) is 19.3. The van der Waals surface area contributed by atoms with Gasteiger partial charge >= 0.3 is 5.97 Å². The van der Waals surface area contributed by atoms with Gasteiger partial charge in [-0.1, -0.05) is 30.3 Å². The van der Waals surface area contributed by atoms with Crippen molar-refractivity contribution in [2.75, 3.05) is 0 Å². The summed E-state index contributed by atoms with van der Waals surface area (Å²) in [5, 5.41) is 9.73. The largest absolute Gasteiger partial charge is 0.489 e. The highest BCUT2D eigenvalue weighted by molar-refractivity contribution is 5.86. The minimum Gasteiger partial charge on any atom is -0.489 e. The van der Waals surface area contributed by atoms with Crippen molar-refractivity contribution in [3.8, 4) is 17.2 Å². The molecule has 4 aromatic rings. The lowest BCUT2D eigenvalue weighted by molar-refractivity contribution is -0.136. The number of fused-ring (bicyclic) bond motifs is 1. The molecule has 1 N–H and O–H groups in total. The van der Waals surface area contributed by atoms with Crippen molar-refractivity contribution in [1.29, 1.82) is 0 Å². The Balaban J connectivity index is 1.44. The van der Waals surface area contributed by atoms with Gasteiger partial charge in [0.15, 0.2) is 0 Å². The van der Waals surface area contributed by atoms with E-state index < -0.39 is 5.97 Å². The lowest BCUT2D eigenvalue weighted by Crippen LogP contribution is -1.99. The molecule has 1 heterocycles. The molecule has 0 aliphatic heterocycles. The molecule has 4 rings (SSSR count). The molecule has 3 aromatic carbocycles. The molecule has 1 aromatic heterocycles. The molecule has 0 aliphatic rings. The maximum Gasteiger partial charge on any atom is 0.307 e. The Labute approximate surface area is 161 Å². The summed E-state index contributed by atoms with van der Waals surface area (Å²) in [7, 11) is 0. The fourth-order valence-corrected chi connectivity index (χ4v) is 2.94. The third-order valence-corrected chi connectivity index (χ3v) is 4.25. The molecule has 0 bridgehead atoms. The number of rotatable bonds is 7. The number of hydrogen-bond donors (Lipinski definition) is 1. The maximum absolute atomic E-state index is 10.9. The van der Waals surface area contributed by atoms with Gasteiger partial charge in [0.05, 0.1) is 12.7 Å². The predicted molar refractivity (Wildman–Crippen MR) is 105 cm³/mol. The number of carbonyl (C=O) groups is 1. The fraction of sp³-hybridized carbons (Fsp3) is 0.0870. The number of para-hydroxylation sites is 1. The standard InChI is InChI=1S/C23H18O5/c24-23(25)12-17-15-27-22-13-19(9-10-21(17)22)26-14-16-5-4-8-20(11-16)28-18-6-2-1-3-7-18/h1-11,13,15H,12,14H2,(H,24,25). The van der Waals surface area contributed by atoms with E-state index in [1.807, 2.05) is 66.7 Å². The summed E-state index contributed by atoms with van der Waals surface area (Å²) in [6.07, 6.45) is 1.41. The van der Waals surface area contributed by atoms with Crippen LogP contribution in [0.15, 0.2) is 83.5 Å². The maximum atomic E-state index is 10.9. The molecule has 0 atom stereocenters. The highest BCUT2D eigenvalue weighted by atomic mass is 16.5. The number of hydrogen-bond acceptors (Lipinski definition) is 4. The van der Waals surface area contributed by atoms with E-state index in [0.717, 1.165) is 22.4 Å². The van der Waals surface area contributed by atoms with Gasteiger partial charge in [-0.15, -0.1) is 0 Å². The summed E-state index contributed by atoms with van der Waals surface area (Å²) in [6.45, 7) is 0.375. The minimum atomic E-state index is -0.888. The quantitative estimate of drug-likeness (QED) is 0.467. The molecule has 0 saturated heterocycles. The lowest BCUT2D eigenvalue weighted by Gasteiger charge is -2.09. The summed E-state index contributed by atoms with van der Waals surface area (Å²) in [5.41, 5.74) is 2.23. The molecule has 28 heavy (non-hydrogen) atoms. The predicted octanol–water partition coefficient (Wildman–Crippen LogP) is 5.43. The first-order valence-corrected chi connectivity index (χ1v) is 8.84. The van der Waals surface area contributed by atoms with Crippen LogP contribution in [0, 0.1) is 0 Å². The van der Waals surface area contributed by atoms with Gasteiger partial charge in [-0.25, -0.2) is 0 Å². The van der Waals surface area contributed by atoms with E-state index in [1.165, 1.54) is 6.26 Å². The minimum absolute atomic E-state index is 0.0680. The molecular weight excluding hydrogens is 356 g/mol. The van der Waals surface area contributed by atoms with Gasteiger partial charge in [-0.2, -0.15) is 0 Å². The van der Waals surface area contributed by atoms with Crippen molar-refractivity contribution < 1.29 is 23.8 Å². The van der Waals surface area contributed by atoms with Gasteiger partial charge in [0.25, 0.3) is 0 Å². The molecule has 0 fully saturated rings. The average molecular weight is 374 g/mol. The van der Waals surface area contributed by atoms with Gasteiger partial charge in [0.2, 0.25) is 0 Å². The Morgan fingerprint density at radius 3 is 2.54 bits per heavy atom. The van der Waals surface area contributed by atoms with E-state index in [-0.39, 0.29) is 6.42 Å². The van der Waals surface area contributed by atoms with Gasteiger partial charge in [0.1, 0.15) is 29.4 Å². The van der Waals surface area contributed by atoms with E-state index >= 15 is 0 Å². The van der Waals surface area contributed by atoms with Gasteiger partial charge in [-0.3, -0.25) is 4.79 Å². The first kappa shape index (κ1) is 17.7. The van der Waals surface area contributed by atoms with Crippen molar-refractivity contribution in [3.05, 3.63) is 90.2 Å². The van der Waals surface area contributed by atoms with Crippen LogP contribution in [0.5, 0.6) is 17.2 Å². The Hall–Kier alpha value is -3.73. The fourth-order valence-electron chi connectivity index (χ4n) is 2.94. The number of benzene rings is 3. The highest BCUT2D eigenvalue weighted by Gasteiger charge is 2.10. The lowest BCUT2D eigenvalue weighted by atomic mass is 10.1. The molecule has 0 radical (unpaired) electrons. The Morgan fingerprint density at radius 1 is 0.893 bits per heavy atom. The van der Waals surface area contributed by atoms with E-state index in [2.05, 4.69) is 0 Å². The third kappa shape index (κ3) is 4.15.